The van der Waals surface area contributed by atoms with Crippen LogP contribution in [0.2, 0.25) is 5.02 Å². The Morgan fingerprint density at radius 2 is 1.80 bits per heavy atom. The first-order valence-electron chi connectivity index (χ1n) is 8.18. The van der Waals surface area contributed by atoms with Crippen LogP contribution in [-0.2, 0) is 16.0 Å². The molecule has 5 nitrogen and oxygen atoms in total. The van der Waals surface area contributed by atoms with Gasteiger partial charge in [0.2, 0.25) is 11.8 Å². The maximum absolute atomic E-state index is 12.3. The summed E-state index contributed by atoms with van der Waals surface area (Å²) in [6, 6.07) is 12.4. The van der Waals surface area contributed by atoms with Gasteiger partial charge in [0.05, 0.1) is 0 Å². The third-order valence-corrected chi connectivity index (χ3v) is 4.50. The van der Waals surface area contributed by atoms with Crippen molar-refractivity contribution < 1.29 is 9.59 Å². The van der Waals surface area contributed by atoms with E-state index in [2.05, 4.69) is 10.6 Å². The Kier molecular flexibility index (Phi) is 4.95. The first kappa shape index (κ1) is 17.3. The molecule has 0 radical (unpaired) electrons. The maximum Gasteiger partial charge on any atom is 0.246 e. The molecule has 1 heterocycles. The summed E-state index contributed by atoms with van der Waals surface area (Å²) in [6.07, 6.45) is 0.829. The summed E-state index contributed by atoms with van der Waals surface area (Å²) in [4.78, 5) is 25.7. The standard InChI is InChI=1S/C19H20ClN3O2/c1-12(19(25)22-16-5-3-15(20)4-6-16)21-17-7-8-18-14(11-17)9-10-23(18)13(2)24/h3-8,11-12,21H,9-10H2,1-2H3,(H,22,25). The molecule has 25 heavy (non-hydrogen) atoms. The van der Waals surface area contributed by atoms with Crippen molar-refractivity contribution in [3.63, 3.8) is 0 Å². The van der Waals surface area contributed by atoms with E-state index in [9.17, 15) is 9.59 Å². The van der Waals surface area contributed by atoms with E-state index >= 15 is 0 Å². The summed E-state index contributed by atoms with van der Waals surface area (Å²) in [5.74, 6) is -0.0802. The lowest BCUT2D eigenvalue weighted by Gasteiger charge is -2.18. The van der Waals surface area contributed by atoms with E-state index in [0.717, 1.165) is 23.4 Å². The second kappa shape index (κ2) is 7.15. The second-order valence-corrected chi connectivity index (χ2v) is 6.56. The smallest absolute Gasteiger partial charge is 0.246 e. The first-order chi connectivity index (χ1) is 11.9. The third kappa shape index (κ3) is 3.94. The molecule has 0 bridgehead atoms. The van der Waals surface area contributed by atoms with Crippen molar-refractivity contribution in [3.05, 3.63) is 53.1 Å². The number of fused-ring (bicyclic) bond motifs is 1. The largest absolute Gasteiger partial charge is 0.374 e. The van der Waals surface area contributed by atoms with E-state index in [1.807, 2.05) is 18.2 Å². The van der Waals surface area contributed by atoms with E-state index in [-0.39, 0.29) is 11.8 Å². The van der Waals surface area contributed by atoms with Gasteiger partial charge in [-0.2, -0.15) is 0 Å². The molecule has 6 heteroatoms. The van der Waals surface area contributed by atoms with Gasteiger partial charge in [0.25, 0.3) is 0 Å². The number of carbonyl (C=O) groups excluding carboxylic acids is 2. The van der Waals surface area contributed by atoms with E-state index in [4.69, 9.17) is 11.6 Å². The highest BCUT2D eigenvalue weighted by molar-refractivity contribution is 6.30. The minimum atomic E-state index is -0.404. The highest BCUT2D eigenvalue weighted by Gasteiger charge is 2.22. The van der Waals surface area contributed by atoms with Crippen LogP contribution in [0.5, 0.6) is 0 Å². The average molecular weight is 358 g/mol. The van der Waals surface area contributed by atoms with Gasteiger partial charge in [0.15, 0.2) is 0 Å². The van der Waals surface area contributed by atoms with E-state index in [1.54, 1.807) is 43.0 Å². The molecule has 0 saturated carbocycles. The van der Waals surface area contributed by atoms with Gasteiger partial charge in [-0.15, -0.1) is 0 Å². The van der Waals surface area contributed by atoms with Gasteiger partial charge >= 0.3 is 0 Å². The van der Waals surface area contributed by atoms with Crippen molar-refractivity contribution in [1.82, 2.24) is 0 Å². The fourth-order valence-electron chi connectivity index (χ4n) is 2.92. The molecule has 3 rings (SSSR count). The van der Waals surface area contributed by atoms with Crippen LogP contribution in [0.3, 0.4) is 0 Å². The summed E-state index contributed by atoms with van der Waals surface area (Å²) < 4.78 is 0. The molecule has 0 fully saturated rings. The Balaban J connectivity index is 1.65. The number of hydrogen-bond donors (Lipinski definition) is 2. The fraction of sp³-hybridized carbons (Fsp3) is 0.263. The topological polar surface area (TPSA) is 61.4 Å². The van der Waals surface area contributed by atoms with Gasteiger partial charge in [0.1, 0.15) is 6.04 Å². The highest BCUT2D eigenvalue weighted by atomic mass is 35.5. The molecule has 1 unspecified atom stereocenters. The molecule has 2 aromatic carbocycles. The number of halogens is 1. The highest BCUT2D eigenvalue weighted by Crippen LogP contribution is 2.30. The zero-order valence-corrected chi connectivity index (χ0v) is 14.9. The predicted octanol–water partition coefficient (Wildman–Crippen LogP) is 3.69. The summed E-state index contributed by atoms with van der Waals surface area (Å²) in [6.45, 7) is 4.09. The SMILES string of the molecule is CC(=O)N1CCc2cc(NC(C)C(=O)Nc3ccc(Cl)cc3)ccc21. The lowest BCUT2D eigenvalue weighted by atomic mass is 10.1. The molecular formula is C19H20ClN3O2. The maximum atomic E-state index is 12.3. The van der Waals surface area contributed by atoms with Gasteiger partial charge in [-0.25, -0.2) is 0 Å². The molecule has 1 atom stereocenters. The Labute approximate surface area is 152 Å². The van der Waals surface area contributed by atoms with Crippen LogP contribution in [0.15, 0.2) is 42.5 Å². The third-order valence-electron chi connectivity index (χ3n) is 4.24. The number of nitrogens with one attached hydrogen (secondary N) is 2. The number of anilines is 3. The van der Waals surface area contributed by atoms with Gasteiger partial charge in [0, 0.05) is 35.6 Å². The zero-order valence-electron chi connectivity index (χ0n) is 14.2. The number of rotatable bonds is 4. The van der Waals surface area contributed by atoms with E-state index in [1.165, 1.54) is 0 Å². The predicted molar refractivity (Wildman–Crippen MR) is 101 cm³/mol. The zero-order chi connectivity index (χ0) is 18.0. The van der Waals surface area contributed by atoms with Crippen LogP contribution in [0, 0.1) is 0 Å². The Morgan fingerprint density at radius 1 is 1.12 bits per heavy atom. The van der Waals surface area contributed by atoms with E-state index in [0.29, 0.717) is 17.3 Å². The molecule has 0 spiro atoms. The fourth-order valence-corrected chi connectivity index (χ4v) is 3.04. The molecule has 2 N–H and O–H groups in total. The van der Waals surface area contributed by atoms with Gasteiger partial charge < -0.3 is 15.5 Å². The van der Waals surface area contributed by atoms with Crippen molar-refractivity contribution in [3.8, 4) is 0 Å². The lowest BCUT2D eigenvalue weighted by molar-refractivity contribution is -0.117. The average Bonchev–Trinajstić information content (AvgIpc) is 3.00. The molecule has 1 aliphatic rings. The van der Waals surface area contributed by atoms with Crippen LogP contribution in [0.25, 0.3) is 0 Å². The number of hydrogen-bond acceptors (Lipinski definition) is 3. The summed E-state index contributed by atoms with van der Waals surface area (Å²) in [7, 11) is 0. The van der Waals surface area contributed by atoms with Crippen LogP contribution in [0.1, 0.15) is 19.4 Å². The Bertz CT molecular complexity index is 805. The van der Waals surface area contributed by atoms with Crippen molar-refractivity contribution in [2.24, 2.45) is 0 Å². The molecule has 1 aliphatic heterocycles. The van der Waals surface area contributed by atoms with Gasteiger partial charge in [-0.1, -0.05) is 11.6 Å². The molecule has 2 amide bonds. The normalized spacial score (nSPS) is 14.0. The van der Waals surface area contributed by atoms with Crippen molar-refractivity contribution >= 4 is 40.5 Å². The van der Waals surface area contributed by atoms with Crippen molar-refractivity contribution in [2.75, 3.05) is 22.1 Å². The van der Waals surface area contributed by atoms with Crippen molar-refractivity contribution in [1.29, 1.82) is 0 Å². The minimum absolute atomic E-state index is 0.0511. The van der Waals surface area contributed by atoms with Crippen LogP contribution in [0.4, 0.5) is 17.1 Å². The van der Waals surface area contributed by atoms with Crippen LogP contribution >= 0.6 is 11.6 Å². The quantitative estimate of drug-likeness (QED) is 0.877. The van der Waals surface area contributed by atoms with Crippen LogP contribution in [-0.4, -0.2) is 24.4 Å². The number of carbonyl (C=O) groups is 2. The summed E-state index contributed by atoms with van der Waals surface area (Å²) in [5, 5.41) is 6.68. The lowest BCUT2D eigenvalue weighted by Crippen LogP contribution is -2.31. The first-order valence-corrected chi connectivity index (χ1v) is 8.56. The van der Waals surface area contributed by atoms with Gasteiger partial charge in [-0.3, -0.25) is 9.59 Å². The van der Waals surface area contributed by atoms with Gasteiger partial charge in [-0.05, 0) is 61.4 Å². The van der Waals surface area contributed by atoms with Crippen molar-refractivity contribution in [2.45, 2.75) is 26.3 Å². The molecular weight excluding hydrogens is 338 g/mol. The molecule has 130 valence electrons. The second-order valence-electron chi connectivity index (χ2n) is 6.13. The minimum Gasteiger partial charge on any atom is -0.374 e. The van der Waals surface area contributed by atoms with Crippen LogP contribution < -0.4 is 15.5 Å². The Hall–Kier alpha value is -2.53. The number of nitrogens with zero attached hydrogens (tertiary/aromatic N) is 1. The molecule has 0 aromatic heterocycles. The number of amides is 2. The summed E-state index contributed by atoms with van der Waals surface area (Å²) >= 11 is 5.84. The summed E-state index contributed by atoms with van der Waals surface area (Å²) in [5.41, 5.74) is 3.64. The molecule has 2 aromatic rings. The Morgan fingerprint density at radius 3 is 2.48 bits per heavy atom. The van der Waals surface area contributed by atoms with E-state index < -0.39 is 6.04 Å². The monoisotopic (exact) mass is 357 g/mol. The molecule has 0 aliphatic carbocycles. The number of benzene rings is 2. The molecule has 0 saturated heterocycles.